The number of para-hydroxylation sites is 1. The molecule has 2 saturated heterocycles. The van der Waals surface area contributed by atoms with Gasteiger partial charge in [0.1, 0.15) is 0 Å². The number of hydrogen-bond donors (Lipinski definition) is 1. The summed E-state index contributed by atoms with van der Waals surface area (Å²) < 4.78 is 2.37. The van der Waals surface area contributed by atoms with Crippen LogP contribution in [0.2, 0.25) is 0 Å². The van der Waals surface area contributed by atoms with E-state index in [-0.39, 0.29) is 0 Å². The topological polar surface area (TPSA) is 74.5 Å². The van der Waals surface area contributed by atoms with Crippen molar-refractivity contribution in [2.75, 3.05) is 41.4 Å². The number of nitrogens with zero attached hydrogens (tertiary/aromatic N) is 7. The predicted octanol–water partition coefficient (Wildman–Crippen LogP) is 5.14. The summed E-state index contributed by atoms with van der Waals surface area (Å²) >= 11 is 0. The Kier molecular flexibility index (Phi) is 6.47. The third-order valence-corrected chi connectivity index (χ3v) is 7.62. The lowest BCUT2D eigenvalue weighted by molar-refractivity contribution is 0.799. The SMILES string of the molecule is Cc1ccccc1Cn1c(C)c(/C=N\Nc2nc(N3CCCC3)nc(N3CCCC3)n2)c2ccccc21. The molecule has 0 amide bonds. The van der Waals surface area contributed by atoms with Crippen molar-refractivity contribution < 1.29 is 0 Å². The van der Waals surface area contributed by atoms with Crippen molar-refractivity contribution in [3.05, 3.63) is 70.9 Å². The van der Waals surface area contributed by atoms with Gasteiger partial charge in [-0.05, 0) is 56.7 Å². The zero-order valence-electron chi connectivity index (χ0n) is 21.7. The highest BCUT2D eigenvalue weighted by atomic mass is 15.4. The highest BCUT2D eigenvalue weighted by Gasteiger charge is 2.21. The van der Waals surface area contributed by atoms with E-state index in [4.69, 9.17) is 15.0 Å². The average molecular weight is 495 g/mol. The molecule has 4 heterocycles. The Morgan fingerprint density at radius 3 is 2.11 bits per heavy atom. The first kappa shape index (κ1) is 23.5. The molecule has 4 aromatic rings. The monoisotopic (exact) mass is 494 g/mol. The minimum atomic E-state index is 0.497. The van der Waals surface area contributed by atoms with Crippen molar-refractivity contribution in [1.82, 2.24) is 19.5 Å². The van der Waals surface area contributed by atoms with Gasteiger partial charge in [-0.2, -0.15) is 20.1 Å². The zero-order valence-corrected chi connectivity index (χ0v) is 21.7. The first-order chi connectivity index (χ1) is 18.2. The summed E-state index contributed by atoms with van der Waals surface area (Å²) in [6.45, 7) is 9.13. The van der Waals surface area contributed by atoms with E-state index >= 15 is 0 Å². The lowest BCUT2D eigenvalue weighted by Gasteiger charge is -2.20. The number of nitrogens with one attached hydrogen (secondary N) is 1. The molecule has 2 aromatic carbocycles. The molecule has 0 spiro atoms. The van der Waals surface area contributed by atoms with E-state index in [1.54, 1.807) is 0 Å². The van der Waals surface area contributed by atoms with Crippen LogP contribution < -0.4 is 15.2 Å². The minimum absolute atomic E-state index is 0.497. The number of fused-ring (bicyclic) bond motifs is 1. The predicted molar refractivity (Wildman–Crippen MR) is 151 cm³/mol. The van der Waals surface area contributed by atoms with Crippen LogP contribution in [0.25, 0.3) is 10.9 Å². The molecule has 6 rings (SSSR count). The van der Waals surface area contributed by atoms with Crippen molar-refractivity contribution in [3.63, 3.8) is 0 Å². The molecular formula is C29H34N8. The van der Waals surface area contributed by atoms with Gasteiger partial charge in [-0.1, -0.05) is 42.5 Å². The first-order valence-corrected chi connectivity index (χ1v) is 13.3. The summed E-state index contributed by atoms with van der Waals surface area (Å²) in [7, 11) is 0. The maximum atomic E-state index is 4.80. The zero-order chi connectivity index (χ0) is 25.2. The Hall–Kier alpha value is -3.94. The van der Waals surface area contributed by atoms with Gasteiger partial charge in [0.2, 0.25) is 17.8 Å². The lowest BCUT2D eigenvalue weighted by Crippen LogP contribution is -2.25. The van der Waals surface area contributed by atoms with E-state index in [9.17, 15) is 0 Å². The van der Waals surface area contributed by atoms with Crippen LogP contribution in [0.5, 0.6) is 0 Å². The lowest BCUT2D eigenvalue weighted by atomic mass is 10.1. The number of aromatic nitrogens is 4. The fraction of sp³-hybridized carbons (Fsp3) is 0.379. The largest absolute Gasteiger partial charge is 0.341 e. The summed E-state index contributed by atoms with van der Waals surface area (Å²) in [6, 6.07) is 17.1. The van der Waals surface area contributed by atoms with Crippen LogP contribution in [0.4, 0.5) is 17.8 Å². The molecule has 37 heavy (non-hydrogen) atoms. The van der Waals surface area contributed by atoms with Crippen LogP contribution in [-0.4, -0.2) is 51.9 Å². The molecule has 1 N–H and O–H groups in total. The van der Waals surface area contributed by atoms with Crippen molar-refractivity contribution >= 4 is 35.0 Å². The second kappa shape index (κ2) is 10.2. The maximum absolute atomic E-state index is 4.80. The van der Waals surface area contributed by atoms with Crippen molar-refractivity contribution in [1.29, 1.82) is 0 Å². The van der Waals surface area contributed by atoms with Crippen molar-refractivity contribution in [3.8, 4) is 0 Å². The van der Waals surface area contributed by atoms with Crippen LogP contribution in [0, 0.1) is 13.8 Å². The summed E-state index contributed by atoms with van der Waals surface area (Å²) in [5, 5.41) is 5.80. The summed E-state index contributed by atoms with van der Waals surface area (Å²) in [4.78, 5) is 18.7. The van der Waals surface area contributed by atoms with E-state index < -0.39 is 0 Å². The highest BCUT2D eigenvalue weighted by molar-refractivity contribution is 6.01. The third kappa shape index (κ3) is 4.75. The third-order valence-electron chi connectivity index (χ3n) is 7.62. The molecule has 2 aromatic heterocycles. The molecule has 0 saturated carbocycles. The Balaban J connectivity index is 1.30. The fourth-order valence-electron chi connectivity index (χ4n) is 5.46. The van der Waals surface area contributed by atoms with Crippen LogP contribution >= 0.6 is 0 Å². The molecule has 2 fully saturated rings. The standard InChI is InChI=1S/C29H34N8/c1-21-11-3-4-12-23(21)20-37-22(2)25(24-13-5-6-14-26(24)37)19-30-34-27-31-28(35-15-7-8-16-35)33-29(32-27)36-17-9-10-18-36/h3-6,11-14,19H,7-10,15-18,20H2,1-2H3,(H,31,32,33,34)/b30-19-. The molecule has 8 nitrogen and oxygen atoms in total. The highest BCUT2D eigenvalue weighted by Crippen LogP contribution is 2.27. The van der Waals surface area contributed by atoms with Gasteiger partial charge >= 0.3 is 0 Å². The minimum Gasteiger partial charge on any atom is -0.341 e. The normalized spacial score (nSPS) is 15.9. The maximum Gasteiger partial charge on any atom is 0.250 e. The van der Waals surface area contributed by atoms with Gasteiger partial charge in [-0.3, -0.25) is 0 Å². The average Bonchev–Trinajstić information content (AvgIpc) is 3.69. The van der Waals surface area contributed by atoms with E-state index in [2.05, 4.69) is 87.3 Å². The molecule has 8 heteroatoms. The quantitative estimate of drug-likeness (QED) is 0.283. The summed E-state index contributed by atoms with van der Waals surface area (Å²) in [6.07, 6.45) is 6.62. The van der Waals surface area contributed by atoms with Crippen molar-refractivity contribution in [2.24, 2.45) is 5.10 Å². The Labute approximate surface area is 218 Å². The molecule has 0 unspecified atom stereocenters. The van der Waals surface area contributed by atoms with E-state index in [1.165, 1.54) is 53.4 Å². The Morgan fingerprint density at radius 2 is 1.43 bits per heavy atom. The smallest absolute Gasteiger partial charge is 0.250 e. The second-order valence-electron chi connectivity index (χ2n) is 10.0. The van der Waals surface area contributed by atoms with Gasteiger partial charge in [0.15, 0.2) is 0 Å². The Morgan fingerprint density at radius 1 is 0.811 bits per heavy atom. The molecule has 0 radical (unpaired) electrons. The molecule has 2 aliphatic rings. The molecule has 0 aliphatic carbocycles. The van der Waals surface area contributed by atoms with Crippen molar-refractivity contribution in [2.45, 2.75) is 46.1 Å². The number of hydrazone groups is 1. The number of rotatable bonds is 7. The van der Waals surface area contributed by atoms with E-state index in [1.807, 2.05) is 6.21 Å². The van der Waals surface area contributed by atoms with Crippen LogP contribution in [-0.2, 0) is 6.54 Å². The summed E-state index contributed by atoms with van der Waals surface area (Å²) in [5.41, 5.74) is 9.24. The molecular weight excluding hydrogens is 460 g/mol. The first-order valence-electron chi connectivity index (χ1n) is 13.3. The number of benzene rings is 2. The number of anilines is 3. The van der Waals surface area contributed by atoms with Gasteiger partial charge in [0.05, 0.1) is 6.21 Å². The van der Waals surface area contributed by atoms with E-state index in [0.29, 0.717) is 5.95 Å². The Bertz CT molecular complexity index is 1390. The van der Waals surface area contributed by atoms with Crippen LogP contribution in [0.15, 0.2) is 53.6 Å². The van der Waals surface area contributed by atoms with Crippen LogP contribution in [0.3, 0.4) is 0 Å². The van der Waals surface area contributed by atoms with Gasteiger partial charge < -0.3 is 14.4 Å². The van der Waals surface area contributed by atoms with Gasteiger partial charge in [-0.25, -0.2) is 5.43 Å². The fourth-order valence-corrected chi connectivity index (χ4v) is 5.46. The van der Waals surface area contributed by atoms with Gasteiger partial charge in [0.25, 0.3) is 0 Å². The van der Waals surface area contributed by atoms with Gasteiger partial charge in [-0.15, -0.1) is 0 Å². The molecule has 190 valence electrons. The molecule has 0 bridgehead atoms. The number of hydrogen-bond acceptors (Lipinski definition) is 7. The molecule has 2 aliphatic heterocycles. The summed E-state index contributed by atoms with van der Waals surface area (Å²) in [5.74, 6) is 1.99. The second-order valence-corrected chi connectivity index (χ2v) is 10.0. The molecule has 0 atom stereocenters. The van der Waals surface area contributed by atoms with Gasteiger partial charge in [0, 0.05) is 54.9 Å². The van der Waals surface area contributed by atoms with E-state index in [0.717, 1.165) is 50.2 Å². The van der Waals surface area contributed by atoms with Crippen LogP contribution in [0.1, 0.15) is 48.1 Å². The number of aryl methyl sites for hydroxylation is 1.